The van der Waals surface area contributed by atoms with Crippen LogP contribution in [0.15, 0.2) is 0 Å². The van der Waals surface area contributed by atoms with Gasteiger partial charge in [0.1, 0.15) is 11.6 Å². The van der Waals surface area contributed by atoms with Crippen molar-refractivity contribution >= 4 is 15.9 Å². The van der Waals surface area contributed by atoms with Crippen molar-refractivity contribution in [3.63, 3.8) is 0 Å². The minimum Gasteiger partial charge on any atom is -0.383 e. The number of nitrogens with zero attached hydrogens (tertiary/aromatic N) is 3. The van der Waals surface area contributed by atoms with Crippen LogP contribution in [0.4, 0.5) is 0 Å². The van der Waals surface area contributed by atoms with E-state index in [1.807, 2.05) is 0 Å². The van der Waals surface area contributed by atoms with Crippen molar-refractivity contribution in [1.82, 2.24) is 14.8 Å². The topological polar surface area (TPSA) is 39.9 Å². The van der Waals surface area contributed by atoms with Gasteiger partial charge in [-0.05, 0) is 18.8 Å². The van der Waals surface area contributed by atoms with E-state index in [9.17, 15) is 0 Å². The van der Waals surface area contributed by atoms with Crippen LogP contribution in [0.2, 0.25) is 0 Å². The van der Waals surface area contributed by atoms with Crippen LogP contribution < -0.4 is 0 Å². The fraction of sp³-hybridized carbons (Fsp3) is 0.846. The lowest BCUT2D eigenvalue weighted by Gasteiger charge is -2.26. The van der Waals surface area contributed by atoms with E-state index in [4.69, 9.17) is 4.74 Å². The Labute approximate surface area is 117 Å². The van der Waals surface area contributed by atoms with Gasteiger partial charge in [0.25, 0.3) is 0 Å². The summed E-state index contributed by atoms with van der Waals surface area (Å²) in [5, 5.41) is 9.47. The number of alkyl halides is 1. The van der Waals surface area contributed by atoms with E-state index < -0.39 is 0 Å². The number of methoxy groups -OCH3 is 1. The predicted octanol–water partition coefficient (Wildman–Crippen LogP) is 3.11. The average molecular weight is 316 g/mol. The molecule has 0 atom stereocenters. The summed E-state index contributed by atoms with van der Waals surface area (Å²) in [6, 6.07) is 0. The van der Waals surface area contributed by atoms with Crippen molar-refractivity contribution in [1.29, 1.82) is 0 Å². The Balaban J connectivity index is 2.13. The van der Waals surface area contributed by atoms with Crippen LogP contribution in [-0.2, 0) is 16.6 Å². The van der Waals surface area contributed by atoms with Gasteiger partial charge in [-0.3, -0.25) is 0 Å². The first-order chi connectivity index (χ1) is 8.76. The van der Waals surface area contributed by atoms with E-state index in [1.165, 1.54) is 25.7 Å². The molecule has 1 aromatic heterocycles. The largest absolute Gasteiger partial charge is 0.383 e. The monoisotopic (exact) mass is 315 g/mol. The Morgan fingerprint density at radius 3 is 2.61 bits per heavy atom. The van der Waals surface area contributed by atoms with Crippen LogP contribution in [0.3, 0.4) is 0 Å². The number of hydrogen-bond donors (Lipinski definition) is 0. The third-order valence-electron chi connectivity index (χ3n) is 3.88. The zero-order chi connectivity index (χ0) is 13.0. The summed E-state index contributed by atoms with van der Waals surface area (Å²) < 4.78 is 7.42. The number of rotatable bonds is 5. The van der Waals surface area contributed by atoms with Crippen LogP contribution in [0.25, 0.3) is 0 Å². The Hall–Kier alpha value is -0.420. The fourth-order valence-electron chi connectivity index (χ4n) is 2.69. The molecule has 0 saturated heterocycles. The second kappa shape index (κ2) is 6.66. The maximum Gasteiger partial charge on any atom is 0.143 e. The van der Waals surface area contributed by atoms with Gasteiger partial charge >= 0.3 is 0 Å². The molecule has 0 spiro atoms. The summed E-state index contributed by atoms with van der Waals surface area (Å²) in [5.74, 6) is 3.62. The quantitative estimate of drug-likeness (QED) is 0.784. The molecule has 1 aliphatic rings. The third-order valence-corrected chi connectivity index (χ3v) is 4.38. The maximum absolute atomic E-state index is 5.18. The second-order valence-electron chi connectivity index (χ2n) is 5.21. The molecular formula is C13H22BrN3O. The Morgan fingerprint density at radius 2 is 2.00 bits per heavy atom. The molecule has 0 bridgehead atoms. The number of halogens is 1. The first-order valence-electron chi connectivity index (χ1n) is 6.73. The minimum atomic E-state index is 0.582. The number of aromatic nitrogens is 3. The molecule has 1 aromatic rings. The van der Waals surface area contributed by atoms with Crippen molar-refractivity contribution in [2.45, 2.75) is 50.4 Å². The first-order valence-corrected chi connectivity index (χ1v) is 7.85. The van der Waals surface area contributed by atoms with Gasteiger partial charge in [0, 0.05) is 19.6 Å². The zero-order valence-corrected chi connectivity index (χ0v) is 12.8. The van der Waals surface area contributed by atoms with Gasteiger partial charge in [-0.1, -0.05) is 35.7 Å². The molecule has 0 radical (unpaired) electrons. The van der Waals surface area contributed by atoms with Gasteiger partial charge in [0.15, 0.2) is 0 Å². The lowest BCUT2D eigenvalue weighted by Crippen LogP contribution is -2.18. The number of ether oxygens (including phenoxy) is 1. The highest BCUT2D eigenvalue weighted by molar-refractivity contribution is 9.08. The molecule has 1 fully saturated rings. The molecule has 5 heteroatoms. The van der Waals surface area contributed by atoms with Gasteiger partial charge in [0.05, 0.1) is 11.9 Å². The highest BCUT2D eigenvalue weighted by Gasteiger charge is 2.25. The zero-order valence-electron chi connectivity index (χ0n) is 11.2. The van der Waals surface area contributed by atoms with Crippen molar-refractivity contribution in [2.24, 2.45) is 5.92 Å². The molecule has 0 N–H and O–H groups in total. The average Bonchev–Trinajstić information content (AvgIpc) is 2.80. The molecular weight excluding hydrogens is 294 g/mol. The van der Waals surface area contributed by atoms with E-state index in [0.29, 0.717) is 12.5 Å². The maximum atomic E-state index is 5.18. The van der Waals surface area contributed by atoms with E-state index in [-0.39, 0.29) is 0 Å². The third kappa shape index (κ3) is 3.12. The molecule has 4 nitrogen and oxygen atoms in total. The molecule has 0 unspecified atom stereocenters. The van der Waals surface area contributed by atoms with Gasteiger partial charge in [0.2, 0.25) is 0 Å². The minimum absolute atomic E-state index is 0.582. The summed E-state index contributed by atoms with van der Waals surface area (Å²) in [5.41, 5.74) is 0. The smallest absolute Gasteiger partial charge is 0.143 e. The molecule has 0 aliphatic heterocycles. The van der Waals surface area contributed by atoms with Crippen LogP contribution in [-0.4, -0.2) is 28.5 Å². The Bertz CT molecular complexity index is 372. The Morgan fingerprint density at radius 1 is 1.28 bits per heavy atom. The van der Waals surface area contributed by atoms with Crippen LogP contribution in [0.1, 0.15) is 50.2 Å². The standard InChI is InChI=1S/C13H22BrN3O/c1-10-3-5-11(6-4-10)13-16-15-12(9-14)17(13)7-8-18-2/h10-11H,3-9H2,1-2H3. The van der Waals surface area contributed by atoms with E-state index in [2.05, 4.69) is 37.6 Å². The number of hydrogen-bond acceptors (Lipinski definition) is 3. The summed E-state index contributed by atoms with van der Waals surface area (Å²) >= 11 is 3.48. The summed E-state index contributed by atoms with van der Waals surface area (Å²) in [4.78, 5) is 0. The fourth-order valence-corrected chi connectivity index (χ4v) is 3.11. The summed E-state index contributed by atoms with van der Waals surface area (Å²) in [6.07, 6.45) is 5.11. The summed E-state index contributed by atoms with van der Waals surface area (Å²) in [6.45, 7) is 3.91. The van der Waals surface area contributed by atoms with Gasteiger partial charge in [-0.2, -0.15) is 0 Å². The predicted molar refractivity (Wildman–Crippen MR) is 74.9 cm³/mol. The molecule has 1 saturated carbocycles. The lowest BCUT2D eigenvalue weighted by atomic mass is 9.82. The van der Waals surface area contributed by atoms with E-state index >= 15 is 0 Å². The molecule has 0 amide bonds. The molecule has 1 aliphatic carbocycles. The highest BCUT2D eigenvalue weighted by Crippen LogP contribution is 2.34. The lowest BCUT2D eigenvalue weighted by molar-refractivity contribution is 0.184. The Kier molecular flexibility index (Phi) is 5.18. The first kappa shape index (κ1) is 14.0. The van der Waals surface area contributed by atoms with Gasteiger partial charge in [-0.25, -0.2) is 0 Å². The molecule has 18 heavy (non-hydrogen) atoms. The molecule has 0 aromatic carbocycles. The van der Waals surface area contributed by atoms with Crippen molar-refractivity contribution in [3.8, 4) is 0 Å². The van der Waals surface area contributed by atoms with Gasteiger partial charge < -0.3 is 9.30 Å². The summed E-state index contributed by atoms with van der Waals surface area (Å²) in [7, 11) is 1.74. The van der Waals surface area contributed by atoms with Crippen LogP contribution in [0, 0.1) is 5.92 Å². The van der Waals surface area contributed by atoms with Gasteiger partial charge in [-0.15, -0.1) is 10.2 Å². The van der Waals surface area contributed by atoms with Crippen molar-refractivity contribution < 1.29 is 4.74 Å². The molecule has 102 valence electrons. The second-order valence-corrected chi connectivity index (χ2v) is 5.77. The van der Waals surface area contributed by atoms with E-state index in [0.717, 1.165) is 29.4 Å². The molecule has 1 heterocycles. The van der Waals surface area contributed by atoms with Crippen LogP contribution in [0.5, 0.6) is 0 Å². The van der Waals surface area contributed by atoms with Crippen LogP contribution >= 0.6 is 15.9 Å². The normalized spacial score (nSPS) is 24.4. The SMILES string of the molecule is COCCn1c(CBr)nnc1C1CCC(C)CC1. The molecule has 2 rings (SSSR count). The highest BCUT2D eigenvalue weighted by atomic mass is 79.9. The van der Waals surface area contributed by atoms with Crippen molar-refractivity contribution in [2.75, 3.05) is 13.7 Å². The van der Waals surface area contributed by atoms with E-state index in [1.54, 1.807) is 7.11 Å². The van der Waals surface area contributed by atoms with Crippen molar-refractivity contribution in [3.05, 3.63) is 11.6 Å².